The molecule has 0 saturated heterocycles. The van der Waals surface area contributed by atoms with Gasteiger partial charge in [0, 0.05) is 16.1 Å². The molecule has 1 aliphatic carbocycles. The summed E-state index contributed by atoms with van der Waals surface area (Å²) in [5, 5.41) is 12.9. The van der Waals surface area contributed by atoms with Gasteiger partial charge in [0.15, 0.2) is 0 Å². The van der Waals surface area contributed by atoms with E-state index >= 15 is 0 Å². The topological polar surface area (TPSA) is 66.4 Å². The van der Waals surface area contributed by atoms with Gasteiger partial charge in [0.05, 0.1) is 12.3 Å². The molecule has 1 aliphatic rings. The Morgan fingerprint density at radius 1 is 1.19 bits per heavy atom. The zero-order valence-corrected chi connectivity index (χ0v) is 13.0. The van der Waals surface area contributed by atoms with Gasteiger partial charge in [-0.2, -0.15) is 0 Å². The highest BCUT2D eigenvalue weighted by molar-refractivity contribution is 6.36. The Kier molecular flexibility index (Phi) is 5.48. The molecule has 2 atom stereocenters. The number of carboxylic acid groups (broad SMARTS) is 1. The molecule has 21 heavy (non-hydrogen) atoms. The summed E-state index contributed by atoms with van der Waals surface area (Å²) >= 11 is 12.1. The molecule has 0 aromatic heterocycles. The van der Waals surface area contributed by atoms with E-state index < -0.39 is 11.9 Å². The van der Waals surface area contributed by atoms with Crippen LogP contribution in [0.5, 0.6) is 0 Å². The van der Waals surface area contributed by atoms with Crippen LogP contribution in [0.25, 0.3) is 0 Å². The van der Waals surface area contributed by atoms with Gasteiger partial charge in [-0.1, -0.05) is 42.1 Å². The molecular formula is C15H17Cl2NO3. The van der Waals surface area contributed by atoms with Crippen molar-refractivity contribution in [2.75, 3.05) is 0 Å². The van der Waals surface area contributed by atoms with Crippen LogP contribution in [-0.4, -0.2) is 23.0 Å². The average Bonchev–Trinajstić information content (AvgIpc) is 2.43. The summed E-state index contributed by atoms with van der Waals surface area (Å²) in [5.74, 6) is -1.61. The van der Waals surface area contributed by atoms with Gasteiger partial charge in [-0.25, -0.2) is 0 Å². The molecule has 0 aliphatic heterocycles. The largest absolute Gasteiger partial charge is 0.481 e. The zero-order chi connectivity index (χ0) is 15.4. The SMILES string of the molecule is O=C(Cc1c(Cl)cccc1Cl)NC1CCCCC1C(=O)O. The van der Waals surface area contributed by atoms with E-state index in [0.717, 1.165) is 12.8 Å². The number of carboxylic acids is 1. The van der Waals surface area contributed by atoms with Gasteiger partial charge in [-0.05, 0) is 30.5 Å². The van der Waals surface area contributed by atoms with Crippen LogP contribution in [0.4, 0.5) is 0 Å². The first-order valence-electron chi connectivity index (χ1n) is 6.94. The summed E-state index contributed by atoms with van der Waals surface area (Å²) in [7, 11) is 0. The minimum absolute atomic E-state index is 0.0569. The first-order valence-corrected chi connectivity index (χ1v) is 7.69. The van der Waals surface area contributed by atoms with Gasteiger partial charge in [-0.3, -0.25) is 9.59 Å². The lowest BCUT2D eigenvalue weighted by molar-refractivity contribution is -0.144. The minimum atomic E-state index is -0.851. The number of carbonyl (C=O) groups is 2. The van der Waals surface area contributed by atoms with Gasteiger partial charge in [0.25, 0.3) is 0 Å². The fourth-order valence-electron chi connectivity index (χ4n) is 2.72. The quantitative estimate of drug-likeness (QED) is 0.890. The molecule has 1 amide bonds. The van der Waals surface area contributed by atoms with Crippen LogP contribution in [0.3, 0.4) is 0 Å². The van der Waals surface area contributed by atoms with Crippen LogP contribution in [0, 0.1) is 5.92 Å². The molecule has 1 aromatic rings. The Balaban J connectivity index is 2.02. The van der Waals surface area contributed by atoms with Crippen molar-refractivity contribution in [3.8, 4) is 0 Å². The second-order valence-electron chi connectivity index (χ2n) is 5.28. The third-order valence-electron chi connectivity index (χ3n) is 3.83. The van der Waals surface area contributed by atoms with Crippen molar-refractivity contribution in [1.82, 2.24) is 5.32 Å². The van der Waals surface area contributed by atoms with E-state index in [0.29, 0.717) is 28.5 Å². The van der Waals surface area contributed by atoms with E-state index in [4.69, 9.17) is 23.2 Å². The van der Waals surface area contributed by atoms with Crippen molar-refractivity contribution in [2.24, 2.45) is 5.92 Å². The summed E-state index contributed by atoms with van der Waals surface area (Å²) in [5.41, 5.74) is 0.570. The van der Waals surface area contributed by atoms with E-state index in [-0.39, 0.29) is 18.4 Å². The molecule has 2 unspecified atom stereocenters. The van der Waals surface area contributed by atoms with Crippen LogP contribution >= 0.6 is 23.2 Å². The van der Waals surface area contributed by atoms with Gasteiger partial charge >= 0.3 is 5.97 Å². The molecule has 1 saturated carbocycles. The molecule has 1 aromatic carbocycles. The van der Waals surface area contributed by atoms with Crippen molar-refractivity contribution in [2.45, 2.75) is 38.1 Å². The van der Waals surface area contributed by atoms with Crippen LogP contribution in [0.1, 0.15) is 31.2 Å². The van der Waals surface area contributed by atoms with Crippen LogP contribution in [-0.2, 0) is 16.0 Å². The van der Waals surface area contributed by atoms with Crippen LogP contribution in [0.2, 0.25) is 10.0 Å². The third kappa shape index (κ3) is 4.11. The van der Waals surface area contributed by atoms with Crippen molar-refractivity contribution in [3.05, 3.63) is 33.8 Å². The molecule has 2 N–H and O–H groups in total. The highest BCUT2D eigenvalue weighted by Crippen LogP contribution is 2.27. The number of halogens is 2. The molecule has 4 nitrogen and oxygen atoms in total. The number of benzene rings is 1. The number of hydrogen-bond donors (Lipinski definition) is 2. The van der Waals surface area contributed by atoms with Gasteiger partial charge in [-0.15, -0.1) is 0 Å². The maximum absolute atomic E-state index is 12.1. The minimum Gasteiger partial charge on any atom is -0.481 e. The number of aliphatic carboxylic acids is 1. The van der Waals surface area contributed by atoms with Gasteiger partial charge in [0.1, 0.15) is 0 Å². The standard InChI is InChI=1S/C15H17Cl2NO3/c16-11-5-3-6-12(17)10(11)8-14(19)18-13-7-2-1-4-9(13)15(20)21/h3,5-6,9,13H,1-2,4,7-8H2,(H,18,19)(H,20,21). The van der Waals surface area contributed by atoms with E-state index in [1.165, 1.54) is 0 Å². The highest BCUT2D eigenvalue weighted by Gasteiger charge is 2.31. The Labute approximate surface area is 133 Å². The lowest BCUT2D eigenvalue weighted by Crippen LogP contribution is -2.45. The number of hydrogen-bond acceptors (Lipinski definition) is 2. The Hall–Kier alpha value is -1.26. The first kappa shape index (κ1) is 16.1. The number of nitrogens with one attached hydrogen (secondary N) is 1. The van der Waals surface area contributed by atoms with E-state index in [2.05, 4.69) is 5.32 Å². The molecule has 0 radical (unpaired) electrons. The van der Waals surface area contributed by atoms with Crippen molar-refractivity contribution in [1.29, 1.82) is 0 Å². The second kappa shape index (κ2) is 7.14. The summed E-state index contributed by atoms with van der Waals surface area (Å²) < 4.78 is 0. The summed E-state index contributed by atoms with van der Waals surface area (Å²) in [6.07, 6.45) is 3.18. The summed E-state index contributed by atoms with van der Waals surface area (Å²) in [6.45, 7) is 0. The number of carbonyl (C=O) groups excluding carboxylic acids is 1. The fourth-order valence-corrected chi connectivity index (χ4v) is 3.25. The second-order valence-corrected chi connectivity index (χ2v) is 6.09. The predicted octanol–water partition coefficient (Wildman–Crippen LogP) is 3.30. The van der Waals surface area contributed by atoms with E-state index in [1.54, 1.807) is 18.2 Å². The molecular weight excluding hydrogens is 313 g/mol. The van der Waals surface area contributed by atoms with Gasteiger partial charge < -0.3 is 10.4 Å². The average molecular weight is 330 g/mol. The Bertz CT molecular complexity index is 527. The highest BCUT2D eigenvalue weighted by atomic mass is 35.5. The van der Waals surface area contributed by atoms with E-state index in [1.807, 2.05) is 0 Å². The Morgan fingerprint density at radius 2 is 1.81 bits per heavy atom. The smallest absolute Gasteiger partial charge is 0.308 e. The van der Waals surface area contributed by atoms with Crippen molar-refractivity contribution >= 4 is 35.1 Å². The maximum Gasteiger partial charge on any atom is 0.308 e. The van der Waals surface area contributed by atoms with Gasteiger partial charge in [0.2, 0.25) is 5.91 Å². The monoisotopic (exact) mass is 329 g/mol. The Morgan fingerprint density at radius 3 is 2.43 bits per heavy atom. The molecule has 6 heteroatoms. The fraction of sp³-hybridized carbons (Fsp3) is 0.467. The van der Waals surface area contributed by atoms with E-state index in [9.17, 15) is 14.7 Å². The summed E-state index contributed by atoms with van der Waals surface area (Å²) in [6, 6.07) is 4.76. The number of amides is 1. The predicted molar refractivity (Wildman–Crippen MR) is 81.7 cm³/mol. The van der Waals surface area contributed by atoms with Crippen molar-refractivity contribution < 1.29 is 14.7 Å². The normalized spacial score (nSPS) is 21.8. The lowest BCUT2D eigenvalue weighted by Gasteiger charge is -2.29. The number of rotatable bonds is 4. The lowest BCUT2D eigenvalue weighted by atomic mass is 9.84. The summed E-state index contributed by atoms with van der Waals surface area (Å²) in [4.78, 5) is 23.4. The zero-order valence-electron chi connectivity index (χ0n) is 11.4. The maximum atomic E-state index is 12.1. The van der Waals surface area contributed by atoms with Crippen LogP contribution < -0.4 is 5.32 Å². The molecule has 0 bridgehead atoms. The van der Waals surface area contributed by atoms with Crippen LogP contribution in [0.15, 0.2) is 18.2 Å². The molecule has 2 rings (SSSR count). The van der Waals surface area contributed by atoms with Crippen molar-refractivity contribution in [3.63, 3.8) is 0 Å². The molecule has 0 spiro atoms. The molecule has 1 fully saturated rings. The molecule has 0 heterocycles. The first-order chi connectivity index (χ1) is 9.99. The third-order valence-corrected chi connectivity index (χ3v) is 4.54. The molecule has 114 valence electrons.